The quantitative estimate of drug-likeness (QED) is 0.399. The number of thiazole rings is 1. The maximum absolute atomic E-state index is 13.3. The highest BCUT2D eigenvalue weighted by Crippen LogP contribution is 2.32. The van der Waals surface area contributed by atoms with Crippen molar-refractivity contribution in [2.45, 2.75) is 26.8 Å². The topological polar surface area (TPSA) is 51.0 Å². The Kier molecular flexibility index (Phi) is 6.84. The Bertz CT molecular complexity index is 1140. The van der Waals surface area contributed by atoms with E-state index in [1.54, 1.807) is 17.4 Å². The van der Waals surface area contributed by atoms with Gasteiger partial charge in [-0.2, -0.15) is 0 Å². The molecule has 4 rings (SSSR count). The molecule has 2 aromatic carbocycles. The first-order chi connectivity index (χ1) is 14.0. The third-order valence-electron chi connectivity index (χ3n) is 4.74. The predicted octanol–water partition coefficient (Wildman–Crippen LogP) is 5.41. The molecule has 30 heavy (non-hydrogen) atoms. The van der Waals surface area contributed by atoms with Gasteiger partial charge in [0.2, 0.25) is 0 Å². The number of rotatable bonds is 6. The van der Waals surface area contributed by atoms with Crippen LogP contribution in [0, 0.1) is 19.7 Å². The lowest BCUT2D eigenvalue weighted by Gasteiger charge is -2.20. The molecule has 5 nitrogen and oxygen atoms in total. The van der Waals surface area contributed by atoms with Crippen molar-refractivity contribution in [3.05, 3.63) is 77.6 Å². The molecule has 0 bridgehead atoms. The number of fused-ring (bicyclic) bond motifs is 1. The van der Waals surface area contributed by atoms with Gasteiger partial charge in [-0.15, -0.1) is 12.4 Å². The standard InChI is InChI=1S/C22H21FN4OS.ClH/c1-15-12-16(2)20-19(13-15)29-22(25-20)27(10-3-9-26-11-8-24-14-26)21(28)17-4-6-18(23)7-5-17;/h4-8,11-14H,3,9-10H2,1-2H3;1H. The molecule has 8 heteroatoms. The van der Waals surface area contributed by atoms with Crippen molar-refractivity contribution in [1.82, 2.24) is 14.5 Å². The van der Waals surface area contributed by atoms with E-state index in [9.17, 15) is 9.18 Å². The predicted molar refractivity (Wildman–Crippen MR) is 121 cm³/mol. The number of benzene rings is 2. The third kappa shape index (κ3) is 4.68. The third-order valence-corrected chi connectivity index (χ3v) is 5.77. The van der Waals surface area contributed by atoms with E-state index >= 15 is 0 Å². The molecule has 156 valence electrons. The van der Waals surface area contributed by atoms with E-state index < -0.39 is 0 Å². The van der Waals surface area contributed by atoms with Gasteiger partial charge in [-0.05, 0) is 61.7 Å². The van der Waals surface area contributed by atoms with Crippen molar-refractivity contribution in [3.63, 3.8) is 0 Å². The highest BCUT2D eigenvalue weighted by Gasteiger charge is 2.21. The van der Waals surface area contributed by atoms with Gasteiger partial charge in [0.1, 0.15) is 5.82 Å². The largest absolute Gasteiger partial charge is 0.337 e. The molecule has 0 aliphatic carbocycles. The molecule has 0 fully saturated rings. The fourth-order valence-electron chi connectivity index (χ4n) is 3.34. The van der Waals surface area contributed by atoms with E-state index in [1.807, 2.05) is 17.7 Å². The first-order valence-corrected chi connectivity index (χ1v) is 10.2. The van der Waals surface area contributed by atoms with Crippen LogP contribution in [-0.2, 0) is 6.54 Å². The van der Waals surface area contributed by atoms with E-state index in [1.165, 1.54) is 41.2 Å². The summed E-state index contributed by atoms with van der Waals surface area (Å²) in [7, 11) is 0. The number of carbonyl (C=O) groups excluding carboxylic acids is 1. The summed E-state index contributed by atoms with van der Waals surface area (Å²) < 4.78 is 16.3. The first-order valence-electron chi connectivity index (χ1n) is 9.42. The summed E-state index contributed by atoms with van der Waals surface area (Å²) in [6.07, 6.45) is 6.14. The molecule has 1 amide bonds. The lowest BCUT2D eigenvalue weighted by atomic mass is 10.1. The summed E-state index contributed by atoms with van der Waals surface area (Å²) in [6, 6.07) is 9.84. The first kappa shape index (κ1) is 21.9. The van der Waals surface area contributed by atoms with Crippen molar-refractivity contribution < 1.29 is 9.18 Å². The fraction of sp³-hybridized carbons (Fsp3) is 0.227. The van der Waals surface area contributed by atoms with Gasteiger partial charge in [0.15, 0.2) is 5.13 Å². The molecule has 4 aromatic rings. The second-order valence-electron chi connectivity index (χ2n) is 7.04. The summed E-state index contributed by atoms with van der Waals surface area (Å²) >= 11 is 1.51. The molecular weight excluding hydrogens is 423 g/mol. The summed E-state index contributed by atoms with van der Waals surface area (Å²) in [4.78, 5) is 23.7. The highest BCUT2D eigenvalue weighted by molar-refractivity contribution is 7.22. The molecule has 2 aromatic heterocycles. The lowest BCUT2D eigenvalue weighted by Crippen LogP contribution is -2.32. The number of aromatic nitrogens is 3. The van der Waals surface area contributed by atoms with E-state index in [0.717, 1.165) is 28.7 Å². The molecule has 2 heterocycles. The molecular formula is C22H22ClFN4OS. The number of halogens is 2. The summed E-state index contributed by atoms with van der Waals surface area (Å²) in [5.74, 6) is -0.539. The Morgan fingerprint density at radius 3 is 2.67 bits per heavy atom. The average molecular weight is 445 g/mol. The highest BCUT2D eigenvalue weighted by atomic mass is 35.5. The number of hydrogen-bond donors (Lipinski definition) is 0. The van der Waals surface area contributed by atoms with Gasteiger partial charge in [0, 0.05) is 31.0 Å². The Balaban J connectivity index is 0.00000256. The van der Waals surface area contributed by atoms with Gasteiger partial charge in [0.05, 0.1) is 16.5 Å². The Morgan fingerprint density at radius 2 is 1.97 bits per heavy atom. The zero-order valence-electron chi connectivity index (χ0n) is 16.7. The van der Waals surface area contributed by atoms with Crippen molar-refractivity contribution in [3.8, 4) is 0 Å². The molecule has 0 radical (unpaired) electrons. The average Bonchev–Trinajstić information content (AvgIpc) is 3.35. The number of imidazole rings is 1. The molecule has 0 saturated carbocycles. The van der Waals surface area contributed by atoms with Crippen molar-refractivity contribution in [1.29, 1.82) is 0 Å². The smallest absolute Gasteiger partial charge is 0.260 e. The van der Waals surface area contributed by atoms with Crippen LogP contribution < -0.4 is 4.90 Å². The van der Waals surface area contributed by atoms with Crippen LogP contribution in [0.2, 0.25) is 0 Å². The van der Waals surface area contributed by atoms with E-state index in [-0.39, 0.29) is 24.1 Å². The van der Waals surface area contributed by atoms with Crippen molar-refractivity contribution in [2.75, 3.05) is 11.4 Å². The maximum Gasteiger partial charge on any atom is 0.260 e. The van der Waals surface area contributed by atoms with E-state index in [4.69, 9.17) is 4.98 Å². The molecule has 0 aliphatic heterocycles. The summed E-state index contributed by atoms with van der Waals surface area (Å²) in [6.45, 7) is 5.34. The van der Waals surface area contributed by atoms with Crippen molar-refractivity contribution in [2.24, 2.45) is 0 Å². The van der Waals surface area contributed by atoms with Gasteiger partial charge in [-0.3, -0.25) is 9.69 Å². The Labute approximate surface area is 184 Å². The van der Waals surface area contributed by atoms with E-state index in [2.05, 4.69) is 24.0 Å². The molecule has 0 unspecified atom stereocenters. The Hall–Kier alpha value is -2.77. The molecule has 0 saturated heterocycles. The number of anilines is 1. The van der Waals surface area contributed by atoms with Crippen LogP contribution in [0.4, 0.5) is 9.52 Å². The summed E-state index contributed by atoms with van der Waals surface area (Å²) in [5, 5.41) is 0.661. The lowest BCUT2D eigenvalue weighted by molar-refractivity contribution is 0.0986. The van der Waals surface area contributed by atoms with Gasteiger partial charge in [-0.25, -0.2) is 14.4 Å². The summed E-state index contributed by atoms with van der Waals surface area (Å²) in [5.41, 5.74) is 3.63. The van der Waals surface area contributed by atoms with Gasteiger partial charge in [-0.1, -0.05) is 17.4 Å². The monoisotopic (exact) mass is 444 g/mol. The Morgan fingerprint density at radius 1 is 1.20 bits per heavy atom. The SMILES string of the molecule is Cc1cc(C)c2nc(N(CCCn3ccnc3)C(=O)c3ccc(F)cc3)sc2c1.Cl. The maximum atomic E-state index is 13.3. The zero-order valence-corrected chi connectivity index (χ0v) is 18.3. The van der Waals surface area contributed by atoms with Crippen LogP contribution >= 0.6 is 23.7 Å². The normalized spacial score (nSPS) is 10.8. The second-order valence-corrected chi connectivity index (χ2v) is 8.05. The number of amides is 1. The zero-order chi connectivity index (χ0) is 20.4. The van der Waals surface area contributed by atoms with Crippen LogP contribution in [0.5, 0.6) is 0 Å². The number of nitrogens with zero attached hydrogens (tertiary/aromatic N) is 4. The molecule has 0 N–H and O–H groups in total. The number of hydrogen-bond acceptors (Lipinski definition) is 4. The van der Waals surface area contributed by atoms with Crippen LogP contribution in [0.15, 0.2) is 55.1 Å². The number of carbonyl (C=O) groups is 1. The molecule has 0 spiro atoms. The minimum absolute atomic E-state index is 0. The minimum atomic E-state index is -0.362. The molecule has 0 atom stereocenters. The van der Waals surface area contributed by atoms with Crippen LogP contribution in [0.3, 0.4) is 0 Å². The fourth-order valence-corrected chi connectivity index (χ4v) is 4.50. The van der Waals surface area contributed by atoms with Gasteiger partial charge in [0.25, 0.3) is 5.91 Å². The second kappa shape index (κ2) is 9.36. The van der Waals surface area contributed by atoms with Crippen LogP contribution in [0.25, 0.3) is 10.2 Å². The van der Waals surface area contributed by atoms with Gasteiger partial charge < -0.3 is 4.57 Å². The van der Waals surface area contributed by atoms with Crippen molar-refractivity contribution >= 4 is 45.0 Å². The van der Waals surface area contributed by atoms with Crippen LogP contribution in [0.1, 0.15) is 27.9 Å². The minimum Gasteiger partial charge on any atom is -0.337 e. The molecule has 0 aliphatic rings. The van der Waals surface area contributed by atoms with Gasteiger partial charge >= 0.3 is 0 Å². The number of aryl methyl sites for hydroxylation is 3. The van der Waals surface area contributed by atoms with Crippen LogP contribution in [-0.4, -0.2) is 27.0 Å². The van der Waals surface area contributed by atoms with E-state index in [0.29, 0.717) is 17.2 Å².